The number of aromatic nitrogens is 2. The molecule has 4 nitrogen and oxygen atoms in total. The lowest BCUT2D eigenvalue weighted by Gasteiger charge is -2.19. The first-order valence-corrected chi connectivity index (χ1v) is 16.6. The highest BCUT2D eigenvalue weighted by Crippen LogP contribution is 2.23. The standard InChI is InChI=1S/C28H46N2O2Si/c1-5-7-8-9-10-14-21-32-28-29-23-26(24-30-28)25-16-18-27(19-17-25)31-20-13-11-12-15-22-33(3,4)6-2/h16-19,23-24H,5-15,20-22H2,1-4H3. The zero-order chi connectivity index (χ0) is 23.8. The lowest BCUT2D eigenvalue weighted by Crippen LogP contribution is -2.22. The van der Waals surface area contributed by atoms with Gasteiger partial charge in [-0.05, 0) is 30.5 Å². The highest BCUT2D eigenvalue weighted by Gasteiger charge is 2.16. The second-order valence-electron chi connectivity index (χ2n) is 9.93. The van der Waals surface area contributed by atoms with Crippen molar-refractivity contribution in [3.05, 3.63) is 36.7 Å². The Morgan fingerprint density at radius 2 is 1.24 bits per heavy atom. The highest BCUT2D eigenvalue weighted by molar-refractivity contribution is 6.77. The van der Waals surface area contributed by atoms with Gasteiger partial charge in [-0.15, -0.1) is 0 Å². The van der Waals surface area contributed by atoms with Crippen LogP contribution in [-0.4, -0.2) is 31.3 Å². The quantitative estimate of drug-likeness (QED) is 0.162. The van der Waals surface area contributed by atoms with E-state index in [1.165, 1.54) is 63.5 Å². The van der Waals surface area contributed by atoms with E-state index >= 15 is 0 Å². The molecule has 0 aliphatic rings. The van der Waals surface area contributed by atoms with Crippen molar-refractivity contribution in [2.45, 2.75) is 103 Å². The summed E-state index contributed by atoms with van der Waals surface area (Å²) in [5.41, 5.74) is 2.08. The Balaban J connectivity index is 1.62. The molecular formula is C28H46N2O2Si. The van der Waals surface area contributed by atoms with Gasteiger partial charge in [-0.2, -0.15) is 0 Å². The lowest BCUT2D eigenvalue weighted by atomic mass is 10.1. The van der Waals surface area contributed by atoms with E-state index in [1.54, 1.807) is 0 Å². The van der Waals surface area contributed by atoms with Crippen LogP contribution in [0.25, 0.3) is 11.1 Å². The molecule has 5 heteroatoms. The maximum Gasteiger partial charge on any atom is 0.316 e. The molecule has 2 aromatic rings. The van der Waals surface area contributed by atoms with Crippen LogP contribution in [0, 0.1) is 0 Å². The summed E-state index contributed by atoms with van der Waals surface area (Å²) in [5, 5.41) is 0. The third kappa shape index (κ3) is 11.7. The predicted octanol–water partition coefficient (Wildman–Crippen LogP) is 8.55. The number of benzene rings is 1. The highest BCUT2D eigenvalue weighted by atomic mass is 28.3. The minimum atomic E-state index is -0.896. The van der Waals surface area contributed by atoms with Gasteiger partial charge in [0.15, 0.2) is 0 Å². The van der Waals surface area contributed by atoms with Crippen molar-refractivity contribution < 1.29 is 9.47 Å². The molecule has 184 valence electrons. The third-order valence-electron chi connectivity index (χ3n) is 6.52. The molecule has 0 bridgehead atoms. The zero-order valence-electron chi connectivity index (χ0n) is 21.6. The number of unbranched alkanes of at least 4 members (excludes halogenated alkanes) is 8. The summed E-state index contributed by atoms with van der Waals surface area (Å²) in [6, 6.07) is 11.5. The van der Waals surface area contributed by atoms with Crippen LogP contribution in [0.15, 0.2) is 36.7 Å². The monoisotopic (exact) mass is 470 g/mol. The van der Waals surface area contributed by atoms with Gasteiger partial charge in [0.05, 0.1) is 13.2 Å². The number of ether oxygens (including phenoxy) is 2. The van der Waals surface area contributed by atoms with Crippen molar-refractivity contribution in [1.82, 2.24) is 9.97 Å². The molecule has 0 aliphatic heterocycles. The van der Waals surface area contributed by atoms with Crippen molar-refractivity contribution in [1.29, 1.82) is 0 Å². The molecule has 0 aliphatic carbocycles. The lowest BCUT2D eigenvalue weighted by molar-refractivity contribution is 0.281. The third-order valence-corrected chi connectivity index (χ3v) is 10.1. The number of hydrogen-bond donors (Lipinski definition) is 0. The normalized spacial score (nSPS) is 11.5. The maximum absolute atomic E-state index is 5.93. The van der Waals surface area contributed by atoms with E-state index in [2.05, 4.69) is 49.0 Å². The number of hydrogen-bond acceptors (Lipinski definition) is 4. The van der Waals surface area contributed by atoms with Gasteiger partial charge < -0.3 is 9.47 Å². The molecule has 0 fully saturated rings. The van der Waals surface area contributed by atoms with Gasteiger partial charge >= 0.3 is 6.01 Å². The van der Waals surface area contributed by atoms with Crippen LogP contribution >= 0.6 is 0 Å². The molecule has 0 saturated carbocycles. The Labute approximate surface area is 203 Å². The molecule has 33 heavy (non-hydrogen) atoms. The predicted molar refractivity (Wildman–Crippen MR) is 143 cm³/mol. The van der Waals surface area contributed by atoms with Crippen molar-refractivity contribution >= 4 is 8.07 Å². The van der Waals surface area contributed by atoms with Crippen molar-refractivity contribution in [2.75, 3.05) is 13.2 Å². The summed E-state index contributed by atoms with van der Waals surface area (Å²) in [4.78, 5) is 8.74. The first kappa shape index (κ1) is 27.4. The van der Waals surface area contributed by atoms with Crippen LogP contribution in [0.3, 0.4) is 0 Å². The fourth-order valence-corrected chi connectivity index (χ4v) is 5.32. The SMILES string of the molecule is CCCCCCCCOc1ncc(-c2ccc(OCCCCCC[Si](C)(C)CC)cc2)cn1. The fraction of sp³-hybridized carbons (Fsp3) is 0.643. The maximum atomic E-state index is 5.93. The average molecular weight is 471 g/mol. The van der Waals surface area contributed by atoms with Crippen LogP contribution in [-0.2, 0) is 0 Å². The summed E-state index contributed by atoms with van der Waals surface area (Å²) < 4.78 is 11.6. The van der Waals surface area contributed by atoms with Crippen LogP contribution in [0.4, 0.5) is 0 Å². The molecule has 0 N–H and O–H groups in total. The Kier molecular flexibility index (Phi) is 13.2. The minimum Gasteiger partial charge on any atom is -0.494 e. The van der Waals surface area contributed by atoms with E-state index in [-0.39, 0.29) is 0 Å². The second-order valence-corrected chi connectivity index (χ2v) is 15.5. The Morgan fingerprint density at radius 3 is 1.88 bits per heavy atom. The van der Waals surface area contributed by atoms with Crippen LogP contribution in [0.2, 0.25) is 25.2 Å². The van der Waals surface area contributed by atoms with Crippen molar-refractivity contribution in [2.24, 2.45) is 0 Å². The molecule has 1 aromatic carbocycles. The fourth-order valence-electron chi connectivity index (χ4n) is 3.76. The Morgan fingerprint density at radius 1 is 0.667 bits per heavy atom. The van der Waals surface area contributed by atoms with Crippen LogP contribution in [0.1, 0.15) is 78.1 Å². The molecule has 0 atom stereocenters. The Hall–Kier alpha value is -1.88. The van der Waals surface area contributed by atoms with Crippen molar-refractivity contribution in [3.63, 3.8) is 0 Å². The van der Waals surface area contributed by atoms with Gasteiger partial charge in [-0.3, -0.25) is 0 Å². The zero-order valence-corrected chi connectivity index (χ0v) is 22.6. The van der Waals surface area contributed by atoms with E-state index in [0.717, 1.165) is 36.3 Å². The average Bonchev–Trinajstić information content (AvgIpc) is 2.84. The molecule has 0 spiro atoms. The van der Waals surface area contributed by atoms with Gasteiger partial charge in [0.25, 0.3) is 0 Å². The van der Waals surface area contributed by atoms with Crippen LogP contribution < -0.4 is 9.47 Å². The molecule has 0 amide bonds. The molecule has 2 rings (SSSR count). The van der Waals surface area contributed by atoms with Gasteiger partial charge in [0, 0.05) is 26.0 Å². The molecular weight excluding hydrogens is 424 g/mol. The van der Waals surface area contributed by atoms with E-state index < -0.39 is 8.07 Å². The molecule has 0 radical (unpaired) electrons. The first-order chi connectivity index (χ1) is 16.0. The largest absolute Gasteiger partial charge is 0.494 e. The van der Waals surface area contributed by atoms with Gasteiger partial charge in [0.2, 0.25) is 0 Å². The summed E-state index contributed by atoms with van der Waals surface area (Å²) in [7, 11) is -0.896. The summed E-state index contributed by atoms with van der Waals surface area (Å²) >= 11 is 0. The minimum absolute atomic E-state index is 0.466. The van der Waals surface area contributed by atoms with Gasteiger partial charge in [-0.25, -0.2) is 9.97 Å². The van der Waals surface area contributed by atoms with Crippen LogP contribution in [0.5, 0.6) is 11.8 Å². The topological polar surface area (TPSA) is 44.2 Å². The first-order valence-electron chi connectivity index (χ1n) is 13.2. The van der Waals surface area contributed by atoms with Gasteiger partial charge in [0.1, 0.15) is 5.75 Å². The van der Waals surface area contributed by atoms with E-state index in [9.17, 15) is 0 Å². The van der Waals surface area contributed by atoms with E-state index in [1.807, 2.05) is 24.5 Å². The summed E-state index contributed by atoms with van der Waals surface area (Å²) in [6.07, 6.45) is 16.3. The summed E-state index contributed by atoms with van der Waals surface area (Å²) in [5.74, 6) is 0.929. The molecule has 0 unspecified atom stereocenters. The number of rotatable bonds is 18. The number of nitrogens with zero attached hydrogens (tertiary/aromatic N) is 2. The van der Waals surface area contributed by atoms with E-state index in [4.69, 9.17) is 9.47 Å². The smallest absolute Gasteiger partial charge is 0.316 e. The van der Waals surface area contributed by atoms with Crippen molar-refractivity contribution in [3.8, 4) is 22.9 Å². The molecule has 0 saturated heterocycles. The van der Waals surface area contributed by atoms with E-state index in [0.29, 0.717) is 12.6 Å². The Bertz CT molecular complexity index is 747. The van der Waals surface area contributed by atoms with Gasteiger partial charge in [-0.1, -0.05) is 103 Å². The molecule has 1 aromatic heterocycles. The summed E-state index contributed by atoms with van der Waals surface area (Å²) in [6.45, 7) is 11.1. The second kappa shape index (κ2) is 15.9. The molecule has 1 heterocycles.